The van der Waals surface area contributed by atoms with Gasteiger partial charge in [0, 0.05) is 24.9 Å². The van der Waals surface area contributed by atoms with E-state index in [4.69, 9.17) is 9.47 Å². The van der Waals surface area contributed by atoms with Gasteiger partial charge in [-0.15, -0.1) is 0 Å². The van der Waals surface area contributed by atoms with Crippen molar-refractivity contribution in [3.8, 4) is 0 Å². The highest BCUT2D eigenvalue weighted by Gasteiger charge is 2.35. The van der Waals surface area contributed by atoms with Crippen molar-refractivity contribution in [3.63, 3.8) is 0 Å². The maximum absolute atomic E-state index is 13.0. The Morgan fingerprint density at radius 3 is 2.63 bits per heavy atom. The third-order valence-corrected chi connectivity index (χ3v) is 4.99. The summed E-state index contributed by atoms with van der Waals surface area (Å²) in [6.45, 7) is 2.19. The lowest BCUT2D eigenvalue weighted by Gasteiger charge is -2.30. The fourth-order valence-corrected chi connectivity index (χ4v) is 3.62. The maximum atomic E-state index is 13.0. The number of nitrogens with one attached hydrogen (secondary N) is 1. The molecule has 0 aliphatic carbocycles. The monoisotopic (exact) mass is 408 g/mol. The molecule has 0 fully saturated rings. The second-order valence-electron chi connectivity index (χ2n) is 6.84. The van der Waals surface area contributed by atoms with Crippen molar-refractivity contribution in [1.82, 2.24) is 9.55 Å². The molecule has 1 N–H and O–H groups in total. The number of esters is 1. The normalized spacial score (nSPS) is 15.6. The third kappa shape index (κ3) is 3.39. The second-order valence-corrected chi connectivity index (χ2v) is 6.84. The number of anilines is 1. The van der Waals surface area contributed by atoms with Crippen molar-refractivity contribution in [2.45, 2.75) is 13.0 Å². The third-order valence-electron chi connectivity index (χ3n) is 4.99. The van der Waals surface area contributed by atoms with Crippen LogP contribution in [0.2, 0.25) is 0 Å². The summed E-state index contributed by atoms with van der Waals surface area (Å²) in [6, 6.07) is 13.2. The number of nitro groups is 1. The molecule has 1 unspecified atom stereocenters. The van der Waals surface area contributed by atoms with Gasteiger partial charge in [-0.3, -0.25) is 14.7 Å². The van der Waals surface area contributed by atoms with Crippen LogP contribution in [0.3, 0.4) is 0 Å². The van der Waals surface area contributed by atoms with Crippen LogP contribution in [0, 0.1) is 10.1 Å². The maximum Gasteiger partial charge on any atom is 0.338 e. The average Bonchev–Trinajstić information content (AvgIpc) is 3.10. The molecule has 0 amide bonds. The highest BCUT2D eigenvalue weighted by Crippen LogP contribution is 2.39. The second kappa shape index (κ2) is 7.96. The molecule has 0 bridgehead atoms. The number of hydrogen-bond acceptors (Lipinski definition) is 7. The molecule has 0 spiro atoms. The van der Waals surface area contributed by atoms with Gasteiger partial charge in [-0.25, -0.2) is 9.78 Å². The Morgan fingerprint density at radius 2 is 1.93 bits per heavy atom. The Labute approximate surface area is 172 Å². The minimum atomic E-state index is -0.551. The summed E-state index contributed by atoms with van der Waals surface area (Å²) in [4.78, 5) is 28.2. The fourth-order valence-electron chi connectivity index (χ4n) is 3.62. The first-order valence-corrected chi connectivity index (χ1v) is 9.36. The van der Waals surface area contributed by atoms with Crippen molar-refractivity contribution in [3.05, 3.63) is 75.5 Å². The number of nitro benzene ring substituents is 1. The number of carbonyl (C=O) groups excluding carboxylic acids is 1. The van der Waals surface area contributed by atoms with E-state index in [0.29, 0.717) is 22.8 Å². The lowest BCUT2D eigenvalue weighted by molar-refractivity contribution is -0.384. The van der Waals surface area contributed by atoms with Crippen LogP contribution in [0.15, 0.2) is 59.8 Å². The van der Waals surface area contributed by atoms with E-state index in [0.717, 1.165) is 11.0 Å². The van der Waals surface area contributed by atoms with E-state index >= 15 is 0 Å². The Kier molecular flexibility index (Phi) is 5.20. The number of methoxy groups -OCH3 is 1. The van der Waals surface area contributed by atoms with Gasteiger partial charge in [0.15, 0.2) is 0 Å². The standard InChI is InChI=1S/C21H20N4O5/c1-13-18(20(26)30-12-11-29-2)19(14-7-9-15(10-8-14)25(27)28)24-17-6-4-3-5-16(17)23-21(24)22-13/h3-10,19H,11-12H2,1-2H3,(H,22,23). The van der Waals surface area contributed by atoms with Gasteiger partial charge < -0.3 is 14.8 Å². The molecule has 0 saturated carbocycles. The van der Waals surface area contributed by atoms with Crippen molar-refractivity contribution < 1.29 is 19.2 Å². The molecule has 1 aliphatic rings. The topological polar surface area (TPSA) is 109 Å². The number of para-hydroxylation sites is 2. The smallest absolute Gasteiger partial charge is 0.338 e. The molecule has 2 heterocycles. The van der Waals surface area contributed by atoms with Gasteiger partial charge in [-0.05, 0) is 36.8 Å². The predicted molar refractivity (Wildman–Crippen MR) is 110 cm³/mol. The largest absolute Gasteiger partial charge is 0.460 e. The van der Waals surface area contributed by atoms with Crippen LogP contribution < -0.4 is 5.32 Å². The first-order valence-electron chi connectivity index (χ1n) is 9.36. The van der Waals surface area contributed by atoms with Crippen molar-refractivity contribution >= 4 is 28.6 Å². The van der Waals surface area contributed by atoms with E-state index in [2.05, 4.69) is 10.3 Å². The molecule has 1 aliphatic heterocycles. The molecule has 1 aromatic heterocycles. The molecule has 1 atom stereocenters. The van der Waals surface area contributed by atoms with Gasteiger partial charge in [0.05, 0.1) is 34.2 Å². The molecule has 4 rings (SSSR count). The number of non-ortho nitro benzene ring substituents is 1. The number of benzene rings is 2. The van der Waals surface area contributed by atoms with Gasteiger partial charge in [0.1, 0.15) is 6.61 Å². The van der Waals surface area contributed by atoms with Crippen molar-refractivity contribution in [2.24, 2.45) is 0 Å². The zero-order valence-electron chi connectivity index (χ0n) is 16.5. The summed E-state index contributed by atoms with van der Waals surface area (Å²) >= 11 is 0. The number of fused-ring (bicyclic) bond motifs is 3. The number of carbonyl (C=O) groups is 1. The van der Waals surface area contributed by atoms with E-state index in [1.165, 1.54) is 19.2 Å². The minimum absolute atomic E-state index is 0.0201. The van der Waals surface area contributed by atoms with Gasteiger partial charge >= 0.3 is 5.97 Å². The number of allylic oxidation sites excluding steroid dienone is 1. The summed E-state index contributed by atoms with van der Waals surface area (Å²) < 4.78 is 12.3. The predicted octanol–water partition coefficient (Wildman–Crippen LogP) is 3.42. The van der Waals surface area contributed by atoms with E-state index in [-0.39, 0.29) is 18.9 Å². The first-order chi connectivity index (χ1) is 14.5. The van der Waals surface area contributed by atoms with Crippen LogP contribution in [0.1, 0.15) is 18.5 Å². The zero-order valence-corrected chi connectivity index (χ0v) is 16.5. The Hall–Kier alpha value is -3.72. The van der Waals surface area contributed by atoms with Crippen LogP contribution in [0.5, 0.6) is 0 Å². The van der Waals surface area contributed by atoms with E-state index in [9.17, 15) is 14.9 Å². The first kappa shape index (κ1) is 19.6. The molecule has 2 aromatic carbocycles. The molecule has 30 heavy (non-hydrogen) atoms. The van der Waals surface area contributed by atoms with Crippen LogP contribution in [0.4, 0.5) is 11.6 Å². The Balaban J connectivity index is 1.86. The SMILES string of the molecule is COCCOC(=O)C1=C(C)Nc2nc3ccccc3n2C1c1ccc([N+](=O)[O-])cc1. The van der Waals surface area contributed by atoms with E-state index in [1.807, 2.05) is 28.8 Å². The van der Waals surface area contributed by atoms with Crippen LogP contribution in [-0.2, 0) is 14.3 Å². The summed E-state index contributed by atoms with van der Waals surface area (Å²) in [7, 11) is 1.53. The van der Waals surface area contributed by atoms with Gasteiger partial charge in [0.2, 0.25) is 5.95 Å². The van der Waals surface area contributed by atoms with Crippen LogP contribution >= 0.6 is 0 Å². The number of imidazole rings is 1. The fraction of sp³-hybridized carbons (Fsp3) is 0.238. The highest BCUT2D eigenvalue weighted by molar-refractivity contribution is 5.94. The highest BCUT2D eigenvalue weighted by atomic mass is 16.6. The Bertz CT molecular complexity index is 1150. The minimum Gasteiger partial charge on any atom is -0.460 e. The quantitative estimate of drug-likeness (QED) is 0.288. The lowest BCUT2D eigenvalue weighted by atomic mass is 9.95. The molecular weight excluding hydrogens is 388 g/mol. The zero-order chi connectivity index (χ0) is 21.3. The summed E-state index contributed by atoms with van der Waals surface area (Å²) in [6.07, 6.45) is 0. The van der Waals surface area contributed by atoms with Crippen LogP contribution in [-0.4, -0.2) is 40.8 Å². The number of aromatic nitrogens is 2. The molecule has 9 nitrogen and oxygen atoms in total. The van der Waals surface area contributed by atoms with Gasteiger partial charge in [-0.2, -0.15) is 0 Å². The van der Waals surface area contributed by atoms with Gasteiger partial charge in [0.25, 0.3) is 5.69 Å². The van der Waals surface area contributed by atoms with E-state index < -0.39 is 16.9 Å². The molecule has 3 aromatic rings. The molecule has 0 radical (unpaired) electrons. The number of nitrogens with zero attached hydrogens (tertiary/aromatic N) is 3. The number of hydrogen-bond donors (Lipinski definition) is 1. The van der Waals surface area contributed by atoms with E-state index in [1.54, 1.807) is 19.1 Å². The molecule has 9 heteroatoms. The average molecular weight is 408 g/mol. The van der Waals surface area contributed by atoms with Crippen LogP contribution in [0.25, 0.3) is 11.0 Å². The number of rotatable bonds is 6. The molecular formula is C21H20N4O5. The number of ether oxygens (including phenoxy) is 2. The summed E-state index contributed by atoms with van der Waals surface area (Å²) in [5.41, 5.74) is 3.32. The Morgan fingerprint density at radius 1 is 1.20 bits per heavy atom. The summed E-state index contributed by atoms with van der Waals surface area (Å²) in [5.74, 6) is 0.106. The summed E-state index contributed by atoms with van der Waals surface area (Å²) in [5, 5.41) is 14.3. The lowest BCUT2D eigenvalue weighted by Crippen LogP contribution is -2.29. The molecule has 154 valence electrons. The van der Waals surface area contributed by atoms with Crippen molar-refractivity contribution in [1.29, 1.82) is 0 Å². The van der Waals surface area contributed by atoms with Gasteiger partial charge in [-0.1, -0.05) is 12.1 Å². The van der Waals surface area contributed by atoms with Crippen molar-refractivity contribution in [2.75, 3.05) is 25.6 Å². The molecule has 0 saturated heterocycles.